The molecule has 0 bridgehead atoms. The van der Waals surface area contributed by atoms with Crippen molar-refractivity contribution < 1.29 is 13.0 Å². The Bertz CT molecular complexity index is 285. The van der Waals surface area contributed by atoms with E-state index in [9.17, 15) is 8.42 Å². The average molecular weight is 176 g/mol. The predicted octanol–water partition coefficient (Wildman–Crippen LogP) is 0.736. The van der Waals surface area contributed by atoms with Crippen molar-refractivity contribution in [3.8, 4) is 0 Å². The normalized spacial score (nSPS) is 11.7. The summed E-state index contributed by atoms with van der Waals surface area (Å²) >= 11 is 1.15. The molecule has 0 aliphatic heterocycles. The molecule has 0 aliphatic carbocycles. The van der Waals surface area contributed by atoms with Crippen LogP contribution in [0.1, 0.15) is 5.56 Å². The van der Waals surface area contributed by atoms with Crippen LogP contribution in [0.15, 0.2) is 6.07 Å². The smallest absolute Gasteiger partial charge is 0.269 e. The molecule has 0 fully saturated rings. The summed E-state index contributed by atoms with van der Waals surface area (Å²) in [5.41, 5.74) is 0.451. The minimum atomic E-state index is -3.89. The molecule has 0 spiro atoms. The summed E-state index contributed by atoms with van der Waals surface area (Å²) in [6, 6.07) is 1.48. The highest BCUT2D eigenvalue weighted by molar-refractivity contribution is 7.85. The molecule has 1 rings (SSSR count). The van der Waals surface area contributed by atoms with Gasteiger partial charge >= 0.3 is 0 Å². The molecule has 2 radical (unpaired) electrons. The van der Waals surface area contributed by atoms with Gasteiger partial charge in [-0.25, -0.2) is 0 Å². The molecule has 0 amide bonds. The molecule has 10 heavy (non-hydrogen) atoms. The Morgan fingerprint density at radius 2 is 2.40 bits per heavy atom. The summed E-state index contributed by atoms with van der Waals surface area (Å²) in [5.74, 6) is -0.368. The van der Waals surface area contributed by atoms with Crippen LogP contribution in [0.4, 0.5) is 0 Å². The second kappa shape index (κ2) is 2.69. The van der Waals surface area contributed by atoms with Crippen LogP contribution in [-0.4, -0.2) is 13.0 Å². The molecule has 0 aliphatic rings. The molecule has 1 heterocycles. The maximum atomic E-state index is 10.2. The van der Waals surface area contributed by atoms with Crippen LogP contribution in [0.3, 0.4) is 0 Å². The molecule has 1 N–H and O–H groups in total. The van der Waals surface area contributed by atoms with E-state index in [0.717, 1.165) is 11.3 Å². The average Bonchev–Trinajstić information content (AvgIpc) is 2.12. The maximum absolute atomic E-state index is 10.2. The second-order valence-electron chi connectivity index (χ2n) is 1.72. The van der Waals surface area contributed by atoms with Gasteiger partial charge in [0.25, 0.3) is 10.1 Å². The first kappa shape index (κ1) is 7.71. The van der Waals surface area contributed by atoms with Gasteiger partial charge in [0.2, 0.25) is 0 Å². The van der Waals surface area contributed by atoms with Gasteiger partial charge in [0.15, 0.2) is 0 Å². The predicted molar refractivity (Wildman–Crippen MR) is 37.2 cm³/mol. The monoisotopic (exact) mass is 176 g/mol. The van der Waals surface area contributed by atoms with E-state index in [2.05, 4.69) is 10.8 Å². The number of thiophene rings is 1. The molecule has 1 aromatic rings. The van der Waals surface area contributed by atoms with E-state index in [-0.39, 0.29) is 5.75 Å². The first-order valence-electron chi connectivity index (χ1n) is 2.39. The van der Waals surface area contributed by atoms with Gasteiger partial charge < -0.3 is 0 Å². The van der Waals surface area contributed by atoms with Gasteiger partial charge in [-0.1, -0.05) is 0 Å². The summed E-state index contributed by atoms with van der Waals surface area (Å²) < 4.78 is 28.8. The van der Waals surface area contributed by atoms with Crippen molar-refractivity contribution in [2.24, 2.45) is 0 Å². The highest BCUT2D eigenvalue weighted by Gasteiger charge is 2.05. The Kier molecular flexibility index (Phi) is 2.08. The molecule has 0 unspecified atom stereocenters. The van der Waals surface area contributed by atoms with Gasteiger partial charge in [-0.15, -0.1) is 11.3 Å². The third kappa shape index (κ3) is 2.47. The fraction of sp³-hybridized carbons (Fsp3) is 0.200. The first-order chi connectivity index (χ1) is 4.58. The summed E-state index contributed by atoms with van der Waals surface area (Å²) in [4.78, 5) is 0. The van der Waals surface area contributed by atoms with Crippen LogP contribution in [0.25, 0.3) is 0 Å². The van der Waals surface area contributed by atoms with Gasteiger partial charge in [-0.3, -0.25) is 4.55 Å². The highest BCUT2D eigenvalue weighted by atomic mass is 32.2. The quantitative estimate of drug-likeness (QED) is 0.676. The van der Waals surface area contributed by atoms with Crippen molar-refractivity contribution in [2.75, 3.05) is 0 Å². The largest absolute Gasteiger partial charge is 0.285 e. The molecular weight excluding hydrogens is 172 g/mol. The second-order valence-corrected chi connectivity index (χ2v) is 3.81. The van der Waals surface area contributed by atoms with Crippen molar-refractivity contribution in [3.05, 3.63) is 22.4 Å². The SMILES string of the molecule is O=S(=O)(O)Cc1[c]s[c]c1. The van der Waals surface area contributed by atoms with Crippen molar-refractivity contribution in [1.82, 2.24) is 0 Å². The molecule has 0 aromatic carbocycles. The topological polar surface area (TPSA) is 54.4 Å². The van der Waals surface area contributed by atoms with E-state index in [0.29, 0.717) is 5.56 Å². The number of rotatable bonds is 2. The highest BCUT2D eigenvalue weighted by Crippen LogP contribution is 2.06. The van der Waals surface area contributed by atoms with Crippen LogP contribution < -0.4 is 0 Å². The molecule has 3 nitrogen and oxygen atoms in total. The van der Waals surface area contributed by atoms with E-state index in [1.54, 1.807) is 0 Å². The third-order valence-corrected chi connectivity index (χ3v) is 2.09. The molecular formula is C5H4O3S2. The Morgan fingerprint density at radius 1 is 1.70 bits per heavy atom. The maximum Gasteiger partial charge on any atom is 0.269 e. The molecule has 0 saturated carbocycles. The Balaban J connectivity index is 2.75. The van der Waals surface area contributed by atoms with Crippen LogP contribution in [0.2, 0.25) is 0 Å². The molecule has 1 aromatic heterocycles. The van der Waals surface area contributed by atoms with Gasteiger partial charge in [0.05, 0.1) is 0 Å². The molecule has 0 atom stereocenters. The fourth-order valence-corrected chi connectivity index (χ4v) is 1.65. The van der Waals surface area contributed by atoms with E-state index in [4.69, 9.17) is 4.55 Å². The number of hydrogen-bond donors (Lipinski definition) is 1. The zero-order valence-corrected chi connectivity index (χ0v) is 6.50. The van der Waals surface area contributed by atoms with E-state index in [1.807, 2.05) is 0 Å². The molecule has 0 saturated heterocycles. The zero-order chi connectivity index (χ0) is 7.61. The van der Waals surface area contributed by atoms with Crippen LogP contribution in [0.5, 0.6) is 0 Å². The lowest BCUT2D eigenvalue weighted by molar-refractivity contribution is 0.482. The Hall–Kier alpha value is -0.390. The van der Waals surface area contributed by atoms with Gasteiger partial charge in [-0.05, 0) is 11.6 Å². The Morgan fingerprint density at radius 3 is 2.80 bits per heavy atom. The van der Waals surface area contributed by atoms with Gasteiger partial charge in [-0.2, -0.15) is 8.42 Å². The fourth-order valence-electron chi connectivity index (χ4n) is 0.493. The standard InChI is InChI=1S/C5H4O3S2/c6-10(7,8)4-5-1-2-9-3-5/h1H,4H2,(H,6,7,8). The van der Waals surface area contributed by atoms with E-state index in [1.165, 1.54) is 6.07 Å². The van der Waals surface area contributed by atoms with Crippen molar-refractivity contribution in [2.45, 2.75) is 5.75 Å². The third-order valence-electron chi connectivity index (χ3n) is 0.812. The summed E-state index contributed by atoms with van der Waals surface area (Å²) in [7, 11) is -3.89. The molecule has 54 valence electrons. The summed E-state index contributed by atoms with van der Waals surface area (Å²) in [6.45, 7) is 0. The van der Waals surface area contributed by atoms with Crippen LogP contribution >= 0.6 is 11.3 Å². The van der Waals surface area contributed by atoms with E-state index < -0.39 is 10.1 Å². The van der Waals surface area contributed by atoms with Crippen molar-refractivity contribution in [3.63, 3.8) is 0 Å². The zero-order valence-electron chi connectivity index (χ0n) is 4.86. The lowest BCUT2D eigenvalue weighted by atomic mass is 10.4. The number of hydrogen-bond acceptors (Lipinski definition) is 3. The van der Waals surface area contributed by atoms with Crippen molar-refractivity contribution >= 4 is 21.5 Å². The minimum absolute atomic E-state index is 0.368. The van der Waals surface area contributed by atoms with E-state index >= 15 is 0 Å². The minimum Gasteiger partial charge on any atom is -0.285 e. The van der Waals surface area contributed by atoms with Crippen LogP contribution in [-0.2, 0) is 15.9 Å². The lowest BCUT2D eigenvalue weighted by Crippen LogP contribution is -1.99. The van der Waals surface area contributed by atoms with Crippen molar-refractivity contribution in [1.29, 1.82) is 0 Å². The van der Waals surface area contributed by atoms with Crippen LogP contribution in [0, 0.1) is 10.8 Å². The van der Waals surface area contributed by atoms with Gasteiger partial charge in [0.1, 0.15) is 5.75 Å². The molecule has 5 heteroatoms. The van der Waals surface area contributed by atoms with Gasteiger partial charge in [0, 0.05) is 10.8 Å². The summed E-state index contributed by atoms with van der Waals surface area (Å²) in [5, 5.41) is 5.30. The lowest BCUT2D eigenvalue weighted by Gasteiger charge is -1.89. The first-order valence-corrected chi connectivity index (χ1v) is 4.82. The Labute approximate surface area is 63.1 Å². The summed E-state index contributed by atoms with van der Waals surface area (Å²) in [6.07, 6.45) is 0.